The van der Waals surface area contributed by atoms with E-state index in [0.29, 0.717) is 16.4 Å². The summed E-state index contributed by atoms with van der Waals surface area (Å²) in [6.45, 7) is 8.01. The van der Waals surface area contributed by atoms with Gasteiger partial charge in [0.15, 0.2) is 5.82 Å². The summed E-state index contributed by atoms with van der Waals surface area (Å²) in [5.74, 6) is 0.565. The van der Waals surface area contributed by atoms with Gasteiger partial charge in [0, 0.05) is 32.0 Å². The lowest BCUT2D eigenvalue weighted by Crippen LogP contribution is -2.38. The molecule has 0 radical (unpaired) electrons. The Kier molecular flexibility index (Phi) is 5.63. The molecule has 1 N–H and O–H groups in total. The second-order valence-electron chi connectivity index (χ2n) is 8.84. The summed E-state index contributed by atoms with van der Waals surface area (Å²) in [6, 6.07) is 17.5. The van der Waals surface area contributed by atoms with E-state index in [-0.39, 0.29) is 11.3 Å². The van der Waals surface area contributed by atoms with Gasteiger partial charge in [-0.25, -0.2) is 4.98 Å². The molecule has 2 heterocycles. The van der Waals surface area contributed by atoms with E-state index in [0.717, 1.165) is 30.2 Å². The van der Waals surface area contributed by atoms with Crippen LogP contribution in [0, 0.1) is 0 Å². The van der Waals surface area contributed by atoms with E-state index < -0.39 is 0 Å². The molecular weight excluding hydrogens is 408 g/mol. The molecule has 6 heteroatoms. The molecule has 0 saturated heterocycles. The highest BCUT2D eigenvalue weighted by atomic mass is 35.5. The summed E-state index contributed by atoms with van der Waals surface area (Å²) in [4.78, 5) is 21.9. The number of hydrogen-bond acceptors (Lipinski definition) is 4. The molecule has 0 saturated carbocycles. The molecule has 1 aliphatic heterocycles. The highest BCUT2D eigenvalue weighted by molar-refractivity contribution is 6.33. The van der Waals surface area contributed by atoms with Gasteiger partial charge in [-0.2, -0.15) is 0 Å². The van der Waals surface area contributed by atoms with Crippen LogP contribution in [0.1, 0.15) is 36.7 Å². The van der Waals surface area contributed by atoms with E-state index in [1.807, 2.05) is 49.5 Å². The minimum atomic E-state index is -0.138. The number of aromatic nitrogens is 1. The van der Waals surface area contributed by atoms with Crippen molar-refractivity contribution in [3.63, 3.8) is 0 Å². The number of fused-ring (bicyclic) bond motifs is 1. The quantitative estimate of drug-likeness (QED) is 0.559. The number of para-hydroxylation sites is 1. The van der Waals surface area contributed by atoms with E-state index in [2.05, 4.69) is 53.0 Å². The van der Waals surface area contributed by atoms with Gasteiger partial charge in [-0.3, -0.25) is 4.79 Å². The largest absolute Gasteiger partial charge is 0.370 e. The number of hydrogen-bond donors (Lipinski definition) is 1. The molecule has 1 aliphatic rings. The highest BCUT2D eigenvalue weighted by Crippen LogP contribution is 2.41. The molecule has 0 fully saturated rings. The third kappa shape index (κ3) is 4.23. The number of halogens is 1. The van der Waals surface area contributed by atoms with Crippen molar-refractivity contribution in [2.24, 2.45) is 0 Å². The number of rotatable bonds is 3. The van der Waals surface area contributed by atoms with Crippen molar-refractivity contribution in [1.82, 2.24) is 4.98 Å². The Morgan fingerprint density at radius 1 is 1.03 bits per heavy atom. The summed E-state index contributed by atoms with van der Waals surface area (Å²) in [7, 11) is 2.01. The topological polar surface area (TPSA) is 48.5 Å². The number of amides is 1. The SMILES string of the molecule is CN1CCN(c2ncccc2Cl)c2cccc(C(=O)Nc3ccc(C(C)(C)C)cc3)c21. The third-order valence-corrected chi connectivity index (χ3v) is 5.89. The average molecular weight is 435 g/mol. The number of carbonyl (C=O) groups is 1. The maximum atomic E-state index is 13.2. The Labute approximate surface area is 188 Å². The van der Waals surface area contributed by atoms with Crippen LogP contribution in [0.5, 0.6) is 0 Å². The molecule has 31 heavy (non-hydrogen) atoms. The molecule has 0 spiro atoms. The van der Waals surface area contributed by atoms with Crippen LogP contribution in [-0.4, -0.2) is 31.0 Å². The Morgan fingerprint density at radius 3 is 2.45 bits per heavy atom. The van der Waals surface area contributed by atoms with E-state index in [1.165, 1.54) is 5.56 Å². The Bertz CT molecular complexity index is 1110. The molecule has 1 amide bonds. The van der Waals surface area contributed by atoms with Gasteiger partial charge in [-0.15, -0.1) is 0 Å². The lowest BCUT2D eigenvalue weighted by molar-refractivity contribution is 0.102. The minimum Gasteiger partial charge on any atom is -0.370 e. The normalized spacial score (nSPS) is 13.7. The lowest BCUT2D eigenvalue weighted by atomic mass is 9.87. The minimum absolute atomic E-state index is 0.0694. The number of pyridine rings is 1. The van der Waals surface area contributed by atoms with Crippen LogP contribution in [0.4, 0.5) is 22.9 Å². The molecule has 4 rings (SSSR count). The summed E-state index contributed by atoms with van der Waals surface area (Å²) in [5.41, 5.74) is 4.49. The van der Waals surface area contributed by atoms with Crippen molar-refractivity contribution >= 4 is 40.4 Å². The first-order valence-electron chi connectivity index (χ1n) is 10.4. The molecule has 0 unspecified atom stereocenters. The summed E-state index contributed by atoms with van der Waals surface area (Å²) in [5, 5.41) is 3.64. The van der Waals surface area contributed by atoms with Gasteiger partial charge in [0.25, 0.3) is 5.91 Å². The van der Waals surface area contributed by atoms with Crippen molar-refractivity contribution in [3.8, 4) is 0 Å². The number of benzene rings is 2. The Hall–Kier alpha value is -3.05. The second kappa shape index (κ2) is 8.23. The first kappa shape index (κ1) is 21.2. The zero-order valence-corrected chi connectivity index (χ0v) is 19.1. The van der Waals surface area contributed by atoms with Gasteiger partial charge < -0.3 is 15.1 Å². The summed E-state index contributed by atoms with van der Waals surface area (Å²) in [6.07, 6.45) is 1.73. The number of carbonyl (C=O) groups excluding carboxylic acids is 1. The first-order chi connectivity index (χ1) is 14.8. The smallest absolute Gasteiger partial charge is 0.257 e. The van der Waals surface area contributed by atoms with Gasteiger partial charge in [0.2, 0.25) is 0 Å². The Morgan fingerprint density at radius 2 is 1.77 bits per heavy atom. The number of nitrogens with one attached hydrogen (secondary N) is 1. The second-order valence-corrected chi connectivity index (χ2v) is 9.24. The van der Waals surface area contributed by atoms with Crippen LogP contribution >= 0.6 is 11.6 Å². The van der Waals surface area contributed by atoms with Gasteiger partial charge in [0.1, 0.15) is 0 Å². The molecule has 2 aromatic carbocycles. The molecule has 1 aromatic heterocycles. The molecule has 160 valence electrons. The average Bonchev–Trinajstić information content (AvgIpc) is 2.74. The summed E-state index contributed by atoms with van der Waals surface area (Å²) < 4.78 is 0. The van der Waals surface area contributed by atoms with Crippen LogP contribution in [-0.2, 0) is 5.41 Å². The number of likely N-dealkylation sites (N-methyl/N-ethyl adjacent to an activating group) is 1. The van der Waals surface area contributed by atoms with Gasteiger partial charge in [0.05, 0.1) is 22.0 Å². The molecule has 5 nitrogen and oxygen atoms in total. The molecule has 3 aromatic rings. The fourth-order valence-electron chi connectivity index (χ4n) is 3.86. The maximum absolute atomic E-state index is 13.2. The van der Waals surface area contributed by atoms with Crippen LogP contribution in [0.15, 0.2) is 60.8 Å². The third-order valence-electron chi connectivity index (χ3n) is 5.59. The van der Waals surface area contributed by atoms with Crippen molar-refractivity contribution in [1.29, 1.82) is 0 Å². The van der Waals surface area contributed by atoms with Crippen LogP contribution in [0.3, 0.4) is 0 Å². The van der Waals surface area contributed by atoms with Crippen molar-refractivity contribution in [2.45, 2.75) is 26.2 Å². The van der Waals surface area contributed by atoms with Gasteiger partial charge in [-0.1, -0.05) is 50.6 Å². The van der Waals surface area contributed by atoms with E-state index in [9.17, 15) is 4.79 Å². The zero-order chi connectivity index (χ0) is 22.2. The standard InChI is InChI=1S/C25H27ClN4O/c1-25(2,3)17-10-12-18(13-11-17)28-24(31)19-7-5-9-21-22(19)29(4)15-16-30(21)23-20(26)8-6-14-27-23/h5-14H,15-16H2,1-4H3,(H,28,31). The summed E-state index contributed by atoms with van der Waals surface area (Å²) >= 11 is 6.42. The fourth-order valence-corrected chi connectivity index (χ4v) is 4.09. The fraction of sp³-hybridized carbons (Fsp3) is 0.280. The first-order valence-corrected chi connectivity index (χ1v) is 10.8. The van der Waals surface area contributed by atoms with Gasteiger partial charge in [-0.05, 0) is 47.4 Å². The van der Waals surface area contributed by atoms with Crippen molar-refractivity contribution < 1.29 is 4.79 Å². The van der Waals surface area contributed by atoms with E-state index in [1.54, 1.807) is 6.20 Å². The number of anilines is 4. The van der Waals surface area contributed by atoms with Crippen molar-refractivity contribution in [2.75, 3.05) is 35.3 Å². The monoisotopic (exact) mass is 434 g/mol. The van der Waals surface area contributed by atoms with E-state index in [4.69, 9.17) is 11.6 Å². The predicted octanol–water partition coefficient (Wildman–Crippen LogP) is 5.87. The number of nitrogens with zero attached hydrogens (tertiary/aromatic N) is 3. The van der Waals surface area contributed by atoms with E-state index >= 15 is 0 Å². The molecular formula is C25H27ClN4O. The zero-order valence-electron chi connectivity index (χ0n) is 18.3. The molecule has 0 aliphatic carbocycles. The van der Waals surface area contributed by atoms with Crippen LogP contribution in [0.25, 0.3) is 0 Å². The maximum Gasteiger partial charge on any atom is 0.257 e. The molecule has 0 bridgehead atoms. The highest BCUT2D eigenvalue weighted by Gasteiger charge is 2.28. The van der Waals surface area contributed by atoms with Crippen molar-refractivity contribution in [3.05, 3.63) is 76.9 Å². The van der Waals surface area contributed by atoms with Gasteiger partial charge >= 0.3 is 0 Å². The Balaban J connectivity index is 1.66. The van der Waals surface area contributed by atoms with Crippen LogP contribution in [0.2, 0.25) is 5.02 Å². The molecule has 0 atom stereocenters. The van der Waals surface area contributed by atoms with Crippen LogP contribution < -0.4 is 15.1 Å². The lowest BCUT2D eigenvalue weighted by Gasteiger charge is -2.37. The predicted molar refractivity (Wildman–Crippen MR) is 129 cm³/mol.